The summed E-state index contributed by atoms with van der Waals surface area (Å²) in [6.45, 7) is 10.4. The van der Waals surface area contributed by atoms with Crippen LogP contribution in [0.5, 0.6) is 11.5 Å². The Morgan fingerprint density at radius 2 is 1.91 bits per heavy atom. The molecule has 0 saturated carbocycles. The van der Waals surface area contributed by atoms with Crippen molar-refractivity contribution in [3.05, 3.63) is 66.2 Å². The van der Waals surface area contributed by atoms with Crippen LogP contribution in [0.15, 0.2) is 55.0 Å². The lowest BCUT2D eigenvalue weighted by Gasteiger charge is -2.26. The predicted molar refractivity (Wildman–Crippen MR) is 165 cm³/mol. The van der Waals surface area contributed by atoms with Crippen molar-refractivity contribution in [1.82, 2.24) is 19.4 Å². The predicted octanol–water partition coefficient (Wildman–Crippen LogP) is 5.08. The number of ether oxygens (including phenoxy) is 4. The lowest BCUT2D eigenvalue weighted by atomic mass is 9.93. The number of carbonyl (C=O) groups excluding carboxylic acids is 2. The fraction of sp³-hybridized carbons (Fsp3) is 0.394. The second-order valence-corrected chi connectivity index (χ2v) is 11.9. The van der Waals surface area contributed by atoms with Gasteiger partial charge < -0.3 is 24.3 Å². The molecular weight excluding hydrogens is 562 g/mol. The van der Waals surface area contributed by atoms with Crippen LogP contribution in [-0.4, -0.2) is 83.6 Å². The topological polar surface area (TPSA) is 117 Å². The zero-order valence-electron chi connectivity index (χ0n) is 25.5. The van der Waals surface area contributed by atoms with Gasteiger partial charge in [-0.05, 0) is 57.0 Å². The van der Waals surface area contributed by atoms with E-state index in [1.54, 1.807) is 19.4 Å². The van der Waals surface area contributed by atoms with E-state index in [-0.39, 0.29) is 5.91 Å². The second kappa shape index (κ2) is 12.3. The first-order chi connectivity index (χ1) is 21.2. The van der Waals surface area contributed by atoms with Gasteiger partial charge in [0.15, 0.2) is 11.5 Å². The maximum absolute atomic E-state index is 13.4. The summed E-state index contributed by atoms with van der Waals surface area (Å²) >= 11 is 0. The summed E-state index contributed by atoms with van der Waals surface area (Å²) in [5.74, 6) is 0.312. The Labute approximate surface area is 256 Å². The number of methoxy groups -OCH3 is 1. The zero-order chi connectivity index (χ0) is 30.8. The molecule has 2 aliphatic heterocycles. The number of morpholine rings is 1. The third kappa shape index (κ3) is 6.11. The summed E-state index contributed by atoms with van der Waals surface area (Å²) in [7, 11) is 1.59. The number of aromatic nitrogens is 3. The molecule has 11 nitrogen and oxygen atoms in total. The van der Waals surface area contributed by atoms with E-state index in [0.717, 1.165) is 50.4 Å². The van der Waals surface area contributed by atoms with Crippen LogP contribution in [-0.2, 0) is 14.3 Å². The van der Waals surface area contributed by atoms with Crippen LogP contribution in [0.3, 0.4) is 0 Å². The van der Waals surface area contributed by atoms with Gasteiger partial charge in [0.05, 0.1) is 43.8 Å². The number of anilines is 1. The van der Waals surface area contributed by atoms with Crippen molar-refractivity contribution >= 4 is 28.6 Å². The molecule has 4 aromatic rings. The molecule has 1 fully saturated rings. The number of amides is 1. The lowest BCUT2D eigenvalue weighted by molar-refractivity contribution is -0.116. The van der Waals surface area contributed by atoms with Crippen molar-refractivity contribution < 1.29 is 28.5 Å². The molecule has 0 spiro atoms. The highest BCUT2D eigenvalue weighted by Gasteiger charge is 2.35. The van der Waals surface area contributed by atoms with Gasteiger partial charge in [0.1, 0.15) is 17.8 Å². The van der Waals surface area contributed by atoms with Crippen molar-refractivity contribution in [2.45, 2.75) is 38.7 Å². The summed E-state index contributed by atoms with van der Waals surface area (Å²) in [5, 5.41) is 3.72. The largest absolute Gasteiger partial charge is 0.493 e. The summed E-state index contributed by atoms with van der Waals surface area (Å²) in [5.41, 5.74) is 3.49. The van der Waals surface area contributed by atoms with Crippen LogP contribution < -0.4 is 14.8 Å². The minimum atomic E-state index is -0.646. The van der Waals surface area contributed by atoms with Gasteiger partial charge in [-0.2, -0.15) is 0 Å². The molecule has 0 aliphatic carbocycles. The molecule has 1 saturated heterocycles. The number of nitrogens with one attached hydrogen (secondary N) is 1. The van der Waals surface area contributed by atoms with Gasteiger partial charge in [-0.15, -0.1) is 0 Å². The molecule has 2 aromatic carbocycles. The average molecular weight is 600 g/mol. The lowest BCUT2D eigenvalue weighted by Crippen LogP contribution is -2.37. The minimum absolute atomic E-state index is 0.193. The number of fused-ring (bicyclic) bond motifs is 2. The van der Waals surface area contributed by atoms with Gasteiger partial charge >= 0.3 is 6.09 Å². The molecule has 1 N–H and O–H groups in total. The molecule has 230 valence electrons. The van der Waals surface area contributed by atoms with Crippen molar-refractivity contribution in [1.29, 1.82) is 0 Å². The van der Waals surface area contributed by atoms with E-state index < -0.39 is 17.6 Å². The highest BCUT2D eigenvalue weighted by Crippen LogP contribution is 2.42. The van der Waals surface area contributed by atoms with Gasteiger partial charge in [-0.3, -0.25) is 14.3 Å². The fourth-order valence-electron chi connectivity index (χ4n) is 5.66. The number of hydrogen-bond acceptors (Lipinski definition) is 9. The number of carbonyl (C=O) groups is 2. The monoisotopic (exact) mass is 599 g/mol. The molecule has 2 aliphatic rings. The van der Waals surface area contributed by atoms with Gasteiger partial charge in [0.2, 0.25) is 5.91 Å². The zero-order valence-corrected chi connectivity index (χ0v) is 25.5. The maximum atomic E-state index is 13.4. The van der Waals surface area contributed by atoms with Crippen molar-refractivity contribution in [2.24, 2.45) is 0 Å². The van der Waals surface area contributed by atoms with Crippen molar-refractivity contribution in [3.8, 4) is 22.8 Å². The summed E-state index contributed by atoms with van der Waals surface area (Å²) < 4.78 is 24.3. The molecule has 1 amide bonds. The Hall–Kier alpha value is -4.48. The first kappa shape index (κ1) is 29.6. The third-order valence-electron chi connectivity index (χ3n) is 7.72. The first-order valence-corrected chi connectivity index (χ1v) is 14.8. The van der Waals surface area contributed by atoms with Crippen LogP contribution in [0, 0.1) is 0 Å². The Morgan fingerprint density at radius 1 is 1.09 bits per heavy atom. The highest BCUT2D eigenvalue weighted by molar-refractivity contribution is 6.07. The smallest absolute Gasteiger partial charge is 0.418 e. The van der Waals surface area contributed by atoms with Gasteiger partial charge in [0.25, 0.3) is 0 Å². The van der Waals surface area contributed by atoms with E-state index >= 15 is 0 Å². The van der Waals surface area contributed by atoms with Gasteiger partial charge in [0, 0.05) is 48.5 Å². The Bertz CT molecular complexity index is 1690. The van der Waals surface area contributed by atoms with Crippen LogP contribution in [0.1, 0.15) is 44.4 Å². The summed E-state index contributed by atoms with van der Waals surface area (Å²) in [4.78, 5) is 37.6. The van der Waals surface area contributed by atoms with Gasteiger partial charge in [-0.1, -0.05) is 12.1 Å². The quantitative estimate of drug-likeness (QED) is 0.277. The van der Waals surface area contributed by atoms with Crippen LogP contribution in [0.2, 0.25) is 0 Å². The first-order valence-electron chi connectivity index (χ1n) is 14.8. The molecule has 2 aromatic heterocycles. The number of rotatable bonds is 8. The molecule has 0 bridgehead atoms. The number of nitrogens with zero attached hydrogens (tertiary/aromatic N) is 4. The van der Waals surface area contributed by atoms with E-state index in [9.17, 15) is 9.59 Å². The van der Waals surface area contributed by atoms with E-state index in [1.807, 2.05) is 57.2 Å². The van der Waals surface area contributed by atoms with E-state index in [0.29, 0.717) is 46.1 Å². The average Bonchev–Trinajstić information content (AvgIpc) is 3.62. The molecule has 0 radical (unpaired) electrons. The van der Waals surface area contributed by atoms with Crippen LogP contribution in [0.25, 0.3) is 22.2 Å². The SMILES string of the molecule is COc1cc2c(C3C(=O)Nc4cc(-c5cccn5C(=O)OC(C)(C)C)ccc43)ncnc2cc1OCCCN1CCOCC1. The van der Waals surface area contributed by atoms with Crippen molar-refractivity contribution in [2.75, 3.05) is 51.9 Å². The molecule has 1 unspecified atom stereocenters. The van der Waals surface area contributed by atoms with Crippen LogP contribution in [0.4, 0.5) is 10.5 Å². The molecule has 44 heavy (non-hydrogen) atoms. The Kier molecular flexibility index (Phi) is 8.24. The fourth-order valence-corrected chi connectivity index (χ4v) is 5.66. The third-order valence-corrected chi connectivity index (χ3v) is 7.72. The Balaban J connectivity index is 1.25. The number of hydrogen-bond donors (Lipinski definition) is 1. The molecule has 1 atom stereocenters. The number of benzene rings is 2. The summed E-state index contributed by atoms with van der Waals surface area (Å²) in [6.07, 6.45) is 3.54. The van der Waals surface area contributed by atoms with E-state index in [1.165, 1.54) is 10.9 Å². The molecule has 11 heteroatoms. The van der Waals surface area contributed by atoms with Crippen molar-refractivity contribution in [3.63, 3.8) is 0 Å². The van der Waals surface area contributed by atoms with Crippen LogP contribution >= 0.6 is 0 Å². The molecular formula is C33H37N5O6. The van der Waals surface area contributed by atoms with E-state index in [4.69, 9.17) is 18.9 Å². The van der Waals surface area contributed by atoms with E-state index in [2.05, 4.69) is 20.2 Å². The van der Waals surface area contributed by atoms with Gasteiger partial charge in [-0.25, -0.2) is 14.8 Å². The normalized spacial score (nSPS) is 16.9. The molecule has 4 heterocycles. The second-order valence-electron chi connectivity index (χ2n) is 11.9. The minimum Gasteiger partial charge on any atom is -0.493 e. The molecule has 6 rings (SSSR count). The maximum Gasteiger partial charge on any atom is 0.418 e. The standard InChI is InChI=1S/C33H37N5O6/c1-33(2,3)44-32(40)38-11-5-7-26(38)21-8-9-22-25(17-21)36-31(39)29(22)30-23-18-27(41-4)28(19-24(23)34-20-35-30)43-14-6-10-37-12-15-42-16-13-37/h5,7-9,11,17-20,29H,6,10,12-16H2,1-4H3,(H,36,39). The Morgan fingerprint density at radius 3 is 2.68 bits per heavy atom. The summed E-state index contributed by atoms with van der Waals surface area (Å²) in [6, 6.07) is 13.0. The highest BCUT2D eigenvalue weighted by atomic mass is 16.6.